The van der Waals surface area contributed by atoms with Crippen molar-refractivity contribution in [2.75, 3.05) is 13.1 Å². The van der Waals surface area contributed by atoms with Gasteiger partial charge in [0.05, 0.1) is 5.56 Å². The molecule has 2 aromatic heterocycles. The smallest absolute Gasteiger partial charge is 0.338 e. The zero-order valence-electron chi connectivity index (χ0n) is 17.7. The molecular weight excluding hydrogens is 429 g/mol. The molecule has 168 valence electrons. The molecule has 0 spiro atoms. The molecule has 5 rings (SSSR count). The topological polar surface area (TPSA) is 50.5 Å². The largest absolute Gasteiger partial charge is 0.416 e. The predicted octanol–water partition coefficient (Wildman–Crippen LogP) is 5.43. The number of nitrogens with zero attached hydrogens (tertiary/aromatic N) is 4. The van der Waals surface area contributed by atoms with Crippen LogP contribution in [-0.4, -0.2) is 38.5 Å². The number of hydrogen-bond acceptors (Lipinski definition) is 3. The maximum absolute atomic E-state index is 13.5. The van der Waals surface area contributed by atoms with Crippen LogP contribution in [0.2, 0.25) is 0 Å². The predicted molar refractivity (Wildman–Crippen MR) is 118 cm³/mol. The van der Waals surface area contributed by atoms with Gasteiger partial charge < -0.3 is 4.90 Å². The Labute approximate surface area is 188 Å². The van der Waals surface area contributed by atoms with E-state index in [-0.39, 0.29) is 11.8 Å². The maximum Gasteiger partial charge on any atom is 0.416 e. The van der Waals surface area contributed by atoms with Crippen molar-refractivity contribution in [1.82, 2.24) is 19.5 Å². The summed E-state index contributed by atoms with van der Waals surface area (Å²) in [6, 6.07) is 17.7. The van der Waals surface area contributed by atoms with Crippen LogP contribution >= 0.6 is 0 Å². The Kier molecular flexibility index (Phi) is 5.36. The Hall–Kier alpha value is -3.68. The summed E-state index contributed by atoms with van der Waals surface area (Å²) in [4.78, 5) is 15.3. The molecule has 1 fully saturated rings. The molecule has 0 N–H and O–H groups in total. The lowest BCUT2D eigenvalue weighted by Gasteiger charge is -2.32. The number of alkyl halides is 3. The molecule has 0 saturated carbocycles. The third-order valence-electron chi connectivity index (χ3n) is 6.09. The molecule has 1 aliphatic heterocycles. The fraction of sp³-hybridized carbons (Fsp3) is 0.240. The number of hydrogen-bond donors (Lipinski definition) is 0. The quantitative estimate of drug-likeness (QED) is 0.418. The SMILES string of the molecule is O=C(c1ccccc1-c1ccc(C(F)(F)F)cc1)N1CCCC(c2nnc3ccccn23)C1. The average Bonchev–Trinajstić information content (AvgIpc) is 3.27. The van der Waals surface area contributed by atoms with E-state index in [0.717, 1.165) is 36.4 Å². The van der Waals surface area contributed by atoms with Crippen molar-refractivity contribution in [2.45, 2.75) is 24.9 Å². The van der Waals surface area contributed by atoms with Gasteiger partial charge in [0.25, 0.3) is 5.91 Å². The Morgan fingerprint density at radius 1 is 0.939 bits per heavy atom. The normalized spacial score (nSPS) is 16.8. The van der Waals surface area contributed by atoms with Gasteiger partial charge in [0.2, 0.25) is 0 Å². The highest BCUT2D eigenvalue weighted by atomic mass is 19.4. The number of aromatic nitrogens is 3. The summed E-state index contributed by atoms with van der Waals surface area (Å²) in [6.45, 7) is 1.13. The molecular formula is C25H21F3N4O. The second-order valence-electron chi connectivity index (χ2n) is 8.20. The number of pyridine rings is 1. The van der Waals surface area contributed by atoms with Gasteiger partial charge in [-0.25, -0.2) is 0 Å². The molecule has 4 aromatic rings. The molecule has 33 heavy (non-hydrogen) atoms. The lowest BCUT2D eigenvalue weighted by molar-refractivity contribution is -0.137. The molecule has 8 heteroatoms. The van der Waals surface area contributed by atoms with E-state index in [2.05, 4.69) is 10.2 Å². The number of benzene rings is 2. The molecule has 1 unspecified atom stereocenters. The van der Waals surface area contributed by atoms with Gasteiger partial charge >= 0.3 is 6.18 Å². The first-order chi connectivity index (χ1) is 15.9. The van der Waals surface area contributed by atoms with Crippen molar-refractivity contribution >= 4 is 11.6 Å². The molecule has 2 aromatic carbocycles. The van der Waals surface area contributed by atoms with E-state index in [1.807, 2.05) is 28.8 Å². The number of likely N-dealkylation sites (tertiary alicyclic amines) is 1. The van der Waals surface area contributed by atoms with E-state index in [1.165, 1.54) is 12.1 Å². The van der Waals surface area contributed by atoms with Crippen LogP contribution in [0.1, 0.15) is 40.5 Å². The second kappa shape index (κ2) is 8.35. The van der Waals surface area contributed by atoms with E-state index in [9.17, 15) is 18.0 Å². The molecule has 3 heterocycles. The van der Waals surface area contributed by atoms with Crippen LogP contribution in [0, 0.1) is 0 Å². The van der Waals surface area contributed by atoms with Gasteiger partial charge in [-0.05, 0) is 54.3 Å². The minimum atomic E-state index is -4.40. The van der Waals surface area contributed by atoms with Crippen molar-refractivity contribution in [3.63, 3.8) is 0 Å². The van der Waals surface area contributed by atoms with Gasteiger partial charge in [0.1, 0.15) is 5.82 Å². The van der Waals surface area contributed by atoms with Crippen molar-refractivity contribution in [1.29, 1.82) is 0 Å². The van der Waals surface area contributed by atoms with Gasteiger partial charge in [-0.2, -0.15) is 13.2 Å². The Morgan fingerprint density at radius 2 is 1.70 bits per heavy atom. The Balaban J connectivity index is 1.42. The van der Waals surface area contributed by atoms with E-state index in [0.29, 0.717) is 29.8 Å². The van der Waals surface area contributed by atoms with Crippen molar-refractivity contribution in [3.8, 4) is 11.1 Å². The van der Waals surface area contributed by atoms with E-state index in [1.54, 1.807) is 29.2 Å². The van der Waals surface area contributed by atoms with Crippen LogP contribution in [0.3, 0.4) is 0 Å². The van der Waals surface area contributed by atoms with Crippen LogP contribution in [0.4, 0.5) is 13.2 Å². The fourth-order valence-corrected chi connectivity index (χ4v) is 4.44. The highest BCUT2D eigenvalue weighted by Crippen LogP contribution is 2.33. The monoisotopic (exact) mass is 450 g/mol. The summed E-state index contributed by atoms with van der Waals surface area (Å²) < 4.78 is 40.8. The molecule has 1 saturated heterocycles. The highest BCUT2D eigenvalue weighted by Gasteiger charge is 2.31. The van der Waals surface area contributed by atoms with Gasteiger partial charge in [-0.1, -0.05) is 36.4 Å². The standard InChI is InChI=1S/C25H21F3N4O/c26-25(27,28)19-12-10-17(11-13-19)20-7-1-2-8-21(20)24(33)31-14-5-6-18(16-31)23-30-29-22-9-3-4-15-32(22)23/h1-4,7-13,15,18H,5-6,14,16H2. The molecule has 0 bridgehead atoms. The van der Waals surface area contributed by atoms with Crippen LogP contribution < -0.4 is 0 Å². The minimum Gasteiger partial charge on any atom is -0.338 e. The number of piperidine rings is 1. The van der Waals surface area contributed by atoms with Crippen LogP contribution in [-0.2, 0) is 6.18 Å². The van der Waals surface area contributed by atoms with E-state index in [4.69, 9.17) is 0 Å². The maximum atomic E-state index is 13.5. The van der Waals surface area contributed by atoms with Crippen molar-refractivity contribution < 1.29 is 18.0 Å². The second-order valence-corrected chi connectivity index (χ2v) is 8.20. The summed E-state index contributed by atoms with van der Waals surface area (Å²) in [6.07, 6.45) is -0.742. The average molecular weight is 450 g/mol. The van der Waals surface area contributed by atoms with Crippen LogP contribution in [0.5, 0.6) is 0 Å². The Bertz CT molecular complexity index is 1300. The third kappa shape index (κ3) is 4.08. The fourth-order valence-electron chi connectivity index (χ4n) is 4.44. The van der Waals surface area contributed by atoms with Crippen molar-refractivity contribution in [3.05, 3.63) is 89.9 Å². The number of halogens is 3. The molecule has 1 atom stereocenters. The highest BCUT2D eigenvalue weighted by molar-refractivity contribution is 6.01. The number of amides is 1. The number of carbonyl (C=O) groups is 1. The van der Waals surface area contributed by atoms with Crippen molar-refractivity contribution in [2.24, 2.45) is 0 Å². The lowest BCUT2D eigenvalue weighted by atomic mass is 9.94. The summed E-state index contributed by atoms with van der Waals surface area (Å²) in [5.41, 5.74) is 1.72. The summed E-state index contributed by atoms with van der Waals surface area (Å²) in [7, 11) is 0. The van der Waals surface area contributed by atoms with Crippen LogP contribution in [0.25, 0.3) is 16.8 Å². The van der Waals surface area contributed by atoms with Gasteiger partial charge in [0.15, 0.2) is 5.65 Å². The minimum absolute atomic E-state index is 0.0540. The molecule has 1 aliphatic rings. The molecule has 1 amide bonds. The van der Waals surface area contributed by atoms with Gasteiger partial charge in [-0.15, -0.1) is 10.2 Å². The lowest BCUT2D eigenvalue weighted by Crippen LogP contribution is -2.39. The third-order valence-corrected chi connectivity index (χ3v) is 6.09. The number of rotatable bonds is 3. The first-order valence-corrected chi connectivity index (χ1v) is 10.8. The van der Waals surface area contributed by atoms with Gasteiger partial charge in [0, 0.05) is 30.8 Å². The number of carbonyl (C=O) groups excluding carboxylic acids is 1. The van der Waals surface area contributed by atoms with Gasteiger partial charge in [-0.3, -0.25) is 9.20 Å². The summed E-state index contributed by atoms with van der Waals surface area (Å²) >= 11 is 0. The summed E-state index contributed by atoms with van der Waals surface area (Å²) in [5, 5.41) is 8.59. The molecule has 0 radical (unpaired) electrons. The first-order valence-electron chi connectivity index (χ1n) is 10.8. The molecule has 5 nitrogen and oxygen atoms in total. The van der Waals surface area contributed by atoms with E-state index >= 15 is 0 Å². The summed E-state index contributed by atoms with van der Waals surface area (Å²) in [5.74, 6) is 0.751. The number of fused-ring (bicyclic) bond motifs is 1. The zero-order valence-corrected chi connectivity index (χ0v) is 17.7. The Morgan fingerprint density at radius 3 is 2.48 bits per heavy atom. The zero-order chi connectivity index (χ0) is 23.0. The first kappa shape index (κ1) is 21.2. The molecule has 0 aliphatic carbocycles. The van der Waals surface area contributed by atoms with Crippen LogP contribution in [0.15, 0.2) is 72.9 Å². The van der Waals surface area contributed by atoms with E-state index < -0.39 is 11.7 Å².